The Morgan fingerprint density at radius 3 is 2.51 bits per heavy atom. The molecular weight excluding hydrogens is 841 g/mol. The number of alkyl halides is 2. The minimum atomic E-state index is -2.87. The summed E-state index contributed by atoms with van der Waals surface area (Å²) in [5, 5.41) is 16.8. The van der Waals surface area contributed by atoms with Crippen LogP contribution >= 0.6 is 0 Å². The third-order valence-electron chi connectivity index (χ3n) is 13.5. The molecule has 4 aliphatic heterocycles. The van der Waals surface area contributed by atoms with E-state index in [2.05, 4.69) is 55.1 Å². The number of hydrogen-bond donors (Lipinski definition) is 3. The number of imide groups is 2. The molecule has 2 aromatic carbocycles. The average Bonchev–Trinajstić information content (AvgIpc) is 4.16. The number of fused-ring (bicyclic) bond motifs is 4. The number of carbonyl (C=O) groups excluding carboxylic acids is 5. The van der Waals surface area contributed by atoms with Gasteiger partial charge < -0.3 is 25.2 Å². The first-order valence-corrected chi connectivity index (χ1v) is 22.2. The van der Waals surface area contributed by atoms with Gasteiger partial charge in [0.05, 0.1) is 47.8 Å². The molecule has 1 aliphatic carbocycles. The van der Waals surface area contributed by atoms with E-state index in [9.17, 15) is 32.8 Å². The second kappa shape index (κ2) is 17.4. The Morgan fingerprint density at radius 2 is 1.77 bits per heavy atom. The first-order valence-electron chi connectivity index (χ1n) is 22.2. The number of morpholine rings is 1. The summed E-state index contributed by atoms with van der Waals surface area (Å²) in [5.41, 5.74) is 3.16. The van der Waals surface area contributed by atoms with Gasteiger partial charge in [-0.05, 0) is 87.2 Å². The molecule has 10 rings (SSSR count). The summed E-state index contributed by atoms with van der Waals surface area (Å²) in [7, 11) is 2.11. The zero-order chi connectivity index (χ0) is 44.9. The van der Waals surface area contributed by atoms with Crippen molar-refractivity contribution in [1.29, 1.82) is 0 Å². The maximum Gasteiger partial charge on any atom is 0.284 e. The Hall–Kier alpha value is -6.60. The second-order valence-electron chi connectivity index (χ2n) is 17.8. The fourth-order valence-electron chi connectivity index (χ4n) is 10.0. The quantitative estimate of drug-likeness (QED) is 0.127. The van der Waals surface area contributed by atoms with E-state index in [4.69, 9.17) is 9.72 Å². The van der Waals surface area contributed by atoms with Crippen LogP contribution in [0.3, 0.4) is 0 Å². The van der Waals surface area contributed by atoms with Crippen molar-refractivity contribution in [2.24, 2.45) is 5.92 Å². The van der Waals surface area contributed by atoms with Gasteiger partial charge in [-0.25, -0.2) is 18.3 Å². The van der Waals surface area contributed by atoms with Crippen LogP contribution in [0.2, 0.25) is 0 Å². The van der Waals surface area contributed by atoms with E-state index in [1.807, 2.05) is 18.2 Å². The highest BCUT2D eigenvalue weighted by Crippen LogP contribution is 2.37. The van der Waals surface area contributed by atoms with Crippen LogP contribution in [0.25, 0.3) is 5.65 Å². The number of hydrogen-bond acceptors (Lipinski definition) is 12. The highest BCUT2D eigenvalue weighted by molar-refractivity contribution is 6.25. The van der Waals surface area contributed by atoms with Crippen LogP contribution in [0.15, 0.2) is 67.1 Å². The number of amides is 5. The SMILES string of the molecule is CN(CCc1ccc(CNc2cccc3c2C(=O)N(C2CCC(=O)NC2=O)C3=O)cc1)C[C@H]1CC[C@H](n2cc(NC(=O)c3cnn4ccc(N5C[C@H]6C[C@@H]5CO6)nc34)c(C(F)F)n2)CC1. The number of nitrogens with zero attached hydrogens (tertiary/aromatic N) is 8. The molecule has 5 amide bonds. The summed E-state index contributed by atoms with van der Waals surface area (Å²) in [5.74, 6) is -1.57. The zero-order valence-corrected chi connectivity index (χ0v) is 35.8. The van der Waals surface area contributed by atoms with E-state index in [-0.39, 0.29) is 53.4 Å². The monoisotopic (exact) mass is 889 g/mol. The van der Waals surface area contributed by atoms with E-state index >= 15 is 0 Å². The molecule has 19 heteroatoms. The Morgan fingerprint density at radius 1 is 0.969 bits per heavy atom. The van der Waals surface area contributed by atoms with E-state index < -0.39 is 47.7 Å². The maximum absolute atomic E-state index is 14.3. The third-order valence-corrected chi connectivity index (χ3v) is 13.5. The molecule has 5 aromatic rings. The first-order chi connectivity index (χ1) is 31.5. The Bertz CT molecular complexity index is 2680. The molecule has 4 fully saturated rings. The molecule has 3 N–H and O–H groups in total. The highest BCUT2D eigenvalue weighted by Gasteiger charge is 2.46. The summed E-state index contributed by atoms with van der Waals surface area (Å²) >= 11 is 0. The average molecular weight is 890 g/mol. The Kier molecular flexibility index (Phi) is 11.3. The highest BCUT2D eigenvalue weighted by atomic mass is 19.3. The van der Waals surface area contributed by atoms with Crippen molar-refractivity contribution in [3.8, 4) is 0 Å². The number of benzene rings is 2. The van der Waals surface area contributed by atoms with Gasteiger partial charge in [0.1, 0.15) is 17.4 Å². The lowest BCUT2D eigenvalue weighted by Crippen LogP contribution is -2.54. The van der Waals surface area contributed by atoms with Crippen molar-refractivity contribution in [3.05, 3.63) is 101 Å². The van der Waals surface area contributed by atoms with Crippen molar-refractivity contribution in [2.75, 3.05) is 48.8 Å². The lowest BCUT2D eigenvalue weighted by molar-refractivity contribution is -0.136. The Labute approximate surface area is 372 Å². The number of piperidine rings is 1. The fraction of sp³-hybridized carbons (Fsp3) is 0.435. The summed E-state index contributed by atoms with van der Waals surface area (Å²) in [4.78, 5) is 74.5. The summed E-state index contributed by atoms with van der Waals surface area (Å²) in [6.45, 7) is 3.54. The molecular formula is C46H49F2N11O6. The topological polar surface area (TPSA) is 188 Å². The number of ether oxygens (including phenoxy) is 1. The molecule has 65 heavy (non-hydrogen) atoms. The smallest absolute Gasteiger partial charge is 0.284 e. The molecule has 3 saturated heterocycles. The van der Waals surface area contributed by atoms with Gasteiger partial charge in [0.25, 0.3) is 24.1 Å². The van der Waals surface area contributed by atoms with Gasteiger partial charge in [-0.2, -0.15) is 10.2 Å². The van der Waals surface area contributed by atoms with Gasteiger partial charge >= 0.3 is 0 Å². The van der Waals surface area contributed by atoms with Gasteiger partial charge in [0.2, 0.25) is 11.8 Å². The zero-order valence-electron chi connectivity index (χ0n) is 35.8. The first kappa shape index (κ1) is 42.4. The molecule has 3 aromatic heterocycles. The predicted molar refractivity (Wildman–Crippen MR) is 233 cm³/mol. The number of rotatable bonds is 14. The number of likely N-dealkylation sites (N-methyl/N-ethyl adjacent to an activating group) is 1. The summed E-state index contributed by atoms with van der Waals surface area (Å²) in [6.07, 6.45) is 7.32. The molecule has 17 nitrogen and oxygen atoms in total. The number of aromatic nitrogens is 5. The van der Waals surface area contributed by atoms with Crippen LogP contribution in [0.1, 0.15) is 105 Å². The van der Waals surface area contributed by atoms with Crippen molar-refractivity contribution in [2.45, 2.75) is 88.6 Å². The van der Waals surface area contributed by atoms with Crippen LogP contribution in [-0.4, -0.2) is 115 Å². The Balaban J connectivity index is 0.692. The normalized spacial score (nSPS) is 23.0. The van der Waals surface area contributed by atoms with Gasteiger partial charge in [0, 0.05) is 50.7 Å². The fourth-order valence-corrected chi connectivity index (χ4v) is 10.0. The lowest BCUT2D eigenvalue weighted by Gasteiger charge is -2.31. The third kappa shape index (κ3) is 8.33. The molecule has 0 radical (unpaired) electrons. The minimum Gasteiger partial charge on any atom is -0.380 e. The van der Waals surface area contributed by atoms with E-state index in [0.29, 0.717) is 30.4 Å². The summed E-state index contributed by atoms with van der Waals surface area (Å²) in [6, 6.07) is 14.2. The minimum absolute atomic E-state index is 0.0192. The molecule has 1 unspecified atom stereocenters. The lowest BCUT2D eigenvalue weighted by atomic mass is 9.86. The van der Waals surface area contributed by atoms with Crippen molar-refractivity contribution in [1.82, 2.24) is 39.5 Å². The second-order valence-corrected chi connectivity index (χ2v) is 17.8. The molecule has 1 saturated carbocycles. The van der Waals surface area contributed by atoms with Gasteiger partial charge in [-0.3, -0.25) is 38.9 Å². The number of nitrogens with one attached hydrogen (secondary N) is 3. The van der Waals surface area contributed by atoms with Gasteiger partial charge in [0.15, 0.2) is 11.3 Å². The molecule has 3 atom stereocenters. The molecule has 7 heterocycles. The van der Waals surface area contributed by atoms with Crippen LogP contribution in [0.5, 0.6) is 0 Å². The van der Waals surface area contributed by atoms with Crippen LogP contribution < -0.4 is 20.9 Å². The van der Waals surface area contributed by atoms with Crippen LogP contribution in [-0.2, 0) is 27.3 Å². The van der Waals surface area contributed by atoms with E-state index in [1.165, 1.54) is 22.5 Å². The predicted octanol–water partition coefficient (Wildman–Crippen LogP) is 5.01. The van der Waals surface area contributed by atoms with Crippen molar-refractivity contribution in [3.63, 3.8) is 0 Å². The van der Waals surface area contributed by atoms with Gasteiger partial charge in [-0.15, -0.1) is 0 Å². The van der Waals surface area contributed by atoms with Crippen molar-refractivity contribution < 1.29 is 37.5 Å². The number of anilines is 3. The standard InChI is InChI=1S/C46H49F2N11O6/c1-55(17-15-26-5-7-27(8-6-26)20-49-34-4-2-3-32-39(34)46(64)59(45(32)63)36-13-14-38(60)53-44(36)62)22-28-9-11-29(12-10-28)58-24-35(40(54-58)41(47)48)51-43(61)33-21-50-57-18-16-37(52-42(33)57)56-23-31-19-30(56)25-65-31/h2-8,16,18,21,24,28-31,36,41,49H,9-15,17,19-20,22-23,25H2,1H3,(H,51,61)(H,53,60,62)/t28-,29-,30-,31-,36?/m1/s1. The molecule has 2 bridgehead atoms. The van der Waals surface area contributed by atoms with E-state index in [0.717, 1.165) is 74.4 Å². The van der Waals surface area contributed by atoms with Crippen LogP contribution in [0.4, 0.5) is 26.0 Å². The largest absolute Gasteiger partial charge is 0.380 e. The molecule has 0 spiro atoms. The van der Waals surface area contributed by atoms with Crippen LogP contribution in [0, 0.1) is 5.92 Å². The van der Waals surface area contributed by atoms with Crippen molar-refractivity contribution >= 4 is 52.4 Å². The van der Waals surface area contributed by atoms with Gasteiger partial charge in [-0.1, -0.05) is 30.3 Å². The molecule has 5 aliphatic rings. The number of carbonyl (C=O) groups is 5. The van der Waals surface area contributed by atoms with E-state index in [1.54, 1.807) is 29.1 Å². The maximum atomic E-state index is 14.3. The molecule has 338 valence electrons. The number of halogens is 2. The summed E-state index contributed by atoms with van der Waals surface area (Å²) < 4.78 is 37.4.